The number of nitrogens with zero attached hydrogens (tertiary/aromatic N) is 2. The van der Waals surface area contributed by atoms with Crippen molar-refractivity contribution in [3.63, 3.8) is 0 Å². The predicted octanol–water partition coefficient (Wildman–Crippen LogP) is 5.43. The van der Waals surface area contributed by atoms with Crippen LogP contribution < -0.4 is 4.90 Å². The summed E-state index contributed by atoms with van der Waals surface area (Å²) in [5, 5.41) is 10.4. The second-order valence-corrected chi connectivity index (χ2v) is 9.10. The second-order valence-electron chi connectivity index (χ2n) is 8.01. The van der Waals surface area contributed by atoms with Crippen molar-refractivity contribution in [2.75, 3.05) is 18.0 Å². The maximum absolute atomic E-state index is 13.0. The molecule has 0 spiro atoms. The molecule has 2 amide bonds. The molecule has 162 valence electrons. The molecule has 0 aliphatic rings. The fourth-order valence-corrected chi connectivity index (χ4v) is 3.78. The summed E-state index contributed by atoms with van der Waals surface area (Å²) < 4.78 is 5.54. The van der Waals surface area contributed by atoms with Crippen LogP contribution in [0.2, 0.25) is 0 Å². The fraction of sp³-hybridized carbons (Fsp3) is 0.391. The Labute approximate surface area is 182 Å². The summed E-state index contributed by atoms with van der Waals surface area (Å²) in [6.45, 7) is 10.8. The van der Waals surface area contributed by atoms with Gasteiger partial charge < -0.3 is 4.74 Å². The maximum atomic E-state index is 13.0. The number of hydrogen-bond acceptors (Lipinski definition) is 5. The van der Waals surface area contributed by atoms with E-state index in [1.54, 1.807) is 39.8 Å². The van der Waals surface area contributed by atoms with Crippen molar-refractivity contribution in [3.05, 3.63) is 53.6 Å². The Morgan fingerprint density at radius 2 is 1.73 bits per heavy atom. The molecule has 0 radical (unpaired) electrons. The van der Waals surface area contributed by atoms with Crippen LogP contribution in [0.15, 0.2) is 52.3 Å². The van der Waals surface area contributed by atoms with Gasteiger partial charge in [-0.05, 0) is 65.3 Å². The monoisotopic (exact) mass is 430 g/mol. The van der Waals surface area contributed by atoms with Crippen LogP contribution in [0.5, 0.6) is 0 Å². The Kier molecular flexibility index (Phi) is 7.92. The number of amides is 2. The average molecular weight is 431 g/mol. The predicted molar refractivity (Wildman–Crippen MR) is 119 cm³/mol. The summed E-state index contributed by atoms with van der Waals surface area (Å²) in [4.78, 5) is 28.5. The van der Waals surface area contributed by atoms with E-state index >= 15 is 0 Å². The smallest absolute Gasteiger partial charge is 0.415 e. The van der Waals surface area contributed by atoms with E-state index in [2.05, 4.69) is 6.07 Å². The summed E-state index contributed by atoms with van der Waals surface area (Å²) in [5.74, 6) is -0.588. The number of para-hydroxylation sites is 1. The van der Waals surface area contributed by atoms with Crippen molar-refractivity contribution in [3.8, 4) is 0 Å². The minimum absolute atomic E-state index is 0.125. The molecule has 6 nitrogen and oxygen atoms in total. The number of anilines is 1. The van der Waals surface area contributed by atoms with Crippen LogP contribution >= 0.6 is 11.8 Å². The number of aryl methyl sites for hydroxylation is 2. The fourth-order valence-electron chi connectivity index (χ4n) is 2.76. The zero-order chi connectivity index (χ0) is 22.5. The van der Waals surface area contributed by atoms with E-state index in [0.29, 0.717) is 10.8 Å². The number of likely N-dealkylation sites (N-methyl/N-ethyl adjacent to an activating group) is 1. The van der Waals surface area contributed by atoms with E-state index in [1.807, 2.05) is 38.1 Å². The van der Waals surface area contributed by atoms with Gasteiger partial charge in [-0.2, -0.15) is 0 Å². The Morgan fingerprint density at radius 3 is 2.33 bits per heavy atom. The largest absolute Gasteiger partial charge is 0.443 e. The summed E-state index contributed by atoms with van der Waals surface area (Å²) in [7, 11) is 0. The Bertz CT molecular complexity index is 908. The van der Waals surface area contributed by atoms with Crippen LogP contribution in [0.1, 0.15) is 38.8 Å². The number of rotatable bonds is 6. The van der Waals surface area contributed by atoms with Crippen molar-refractivity contribution < 1.29 is 19.5 Å². The molecule has 0 aliphatic heterocycles. The summed E-state index contributed by atoms with van der Waals surface area (Å²) >= 11 is 1.52. The standard InChI is InChI=1S/C23H30N2O4S/c1-7-25(28)21(26)15-24(22(27)29-23(4,5)6)18-10-8-9-11-20(18)30-19-13-12-16(2)14-17(19)3/h8-14,28H,7,15H2,1-6H3. The van der Waals surface area contributed by atoms with Crippen LogP contribution in [0.25, 0.3) is 0 Å². The van der Waals surface area contributed by atoms with Crippen molar-refractivity contribution in [2.24, 2.45) is 0 Å². The van der Waals surface area contributed by atoms with Gasteiger partial charge in [-0.1, -0.05) is 41.6 Å². The molecule has 0 aliphatic carbocycles. The lowest BCUT2D eigenvalue weighted by atomic mass is 10.2. The molecule has 0 bridgehead atoms. The van der Waals surface area contributed by atoms with Gasteiger partial charge >= 0.3 is 6.09 Å². The lowest BCUT2D eigenvalue weighted by Crippen LogP contribution is -2.44. The highest BCUT2D eigenvalue weighted by Gasteiger charge is 2.28. The molecule has 0 saturated heterocycles. The number of ether oxygens (including phenoxy) is 1. The Morgan fingerprint density at radius 1 is 1.07 bits per heavy atom. The molecule has 0 unspecified atom stereocenters. The molecule has 2 aromatic rings. The van der Waals surface area contributed by atoms with Crippen molar-refractivity contribution in [2.45, 2.75) is 56.9 Å². The number of hydrogen-bond donors (Lipinski definition) is 1. The summed E-state index contributed by atoms with van der Waals surface area (Å²) in [5.41, 5.74) is 2.13. The third kappa shape index (κ3) is 6.50. The minimum Gasteiger partial charge on any atom is -0.443 e. The van der Waals surface area contributed by atoms with Gasteiger partial charge in [-0.15, -0.1) is 0 Å². The molecule has 2 aromatic carbocycles. The van der Waals surface area contributed by atoms with Gasteiger partial charge in [0.15, 0.2) is 0 Å². The lowest BCUT2D eigenvalue weighted by Gasteiger charge is -2.29. The van der Waals surface area contributed by atoms with Gasteiger partial charge in [0, 0.05) is 16.3 Å². The SMILES string of the molecule is CCN(O)C(=O)CN(C(=O)OC(C)(C)C)c1ccccc1Sc1ccc(C)cc1C. The average Bonchev–Trinajstić information content (AvgIpc) is 2.66. The van der Waals surface area contributed by atoms with Crippen LogP contribution in [0.3, 0.4) is 0 Å². The second kappa shape index (κ2) is 10.00. The molecular weight excluding hydrogens is 400 g/mol. The van der Waals surface area contributed by atoms with Crippen molar-refractivity contribution in [1.29, 1.82) is 0 Å². The number of benzene rings is 2. The van der Waals surface area contributed by atoms with Gasteiger partial charge in [-0.3, -0.25) is 14.9 Å². The van der Waals surface area contributed by atoms with E-state index in [1.165, 1.54) is 22.2 Å². The van der Waals surface area contributed by atoms with Crippen LogP contribution in [0, 0.1) is 13.8 Å². The topological polar surface area (TPSA) is 70.1 Å². The first-order valence-electron chi connectivity index (χ1n) is 9.85. The quantitative estimate of drug-likeness (QED) is 0.488. The molecule has 0 heterocycles. The van der Waals surface area contributed by atoms with Crippen molar-refractivity contribution >= 4 is 29.4 Å². The zero-order valence-electron chi connectivity index (χ0n) is 18.4. The summed E-state index contributed by atoms with van der Waals surface area (Å²) in [6.07, 6.45) is -0.644. The molecule has 0 atom stereocenters. The van der Waals surface area contributed by atoms with Gasteiger partial charge in [0.2, 0.25) is 0 Å². The van der Waals surface area contributed by atoms with Crippen LogP contribution in [-0.4, -0.2) is 41.0 Å². The first kappa shape index (κ1) is 23.8. The van der Waals surface area contributed by atoms with Gasteiger partial charge in [-0.25, -0.2) is 9.86 Å². The first-order valence-corrected chi connectivity index (χ1v) is 10.7. The summed E-state index contributed by atoms with van der Waals surface area (Å²) in [6, 6.07) is 13.5. The third-order valence-corrected chi connectivity index (χ3v) is 5.44. The minimum atomic E-state index is -0.725. The first-order chi connectivity index (χ1) is 14.0. The molecule has 0 saturated carbocycles. The van der Waals surface area contributed by atoms with Crippen molar-refractivity contribution in [1.82, 2.24) is 5.06 Å². The number of carbonyl (C=O) groups is 2. The molecule has 0 aromatic heterocycles. The zero-order valence-corrected chi connectivity index (χ0v) is 19.2. The van der Waals surface area contributed by atoms with E-state index in [-0.39, 0.29) is 13.1 Å². The highest BCUT2D eigenvalue weighted by molar-refractivity contribution is 7.99. The normalized spacial score (nSPS) is 11.2. The van der Waals surface area contributed by atoms with Gasteiger partial charge in [0.1, 0.15) is 12.1 Å². The number of hydroxylamine groups is 2. The van der Waals surface area contributed by atoms with Gasteiger partial charge in [0.25, 0.3) is 5.91 Å². The van der Waals surface area contributed by atoms with Crippen LogP contribution in [0.4, 0.5) is 10.5 Å². The van der Waals surface area contributed by atoms with Crippen LogP contribution in [-0.2, 0) is 9.53 Å². The molecule has 7 heteroatoms. The highest BCUT2D eigenvalue weighted by Crippen LogP contribution is 2.37. The van der Waals surface area contributed by atoms with E-state index < -0.39 is 17.6 Å². The van der Waals surface area contributed by atoms with E-state index in [0.717, 1.165) is 15.4 Å². The third-order valence-electron chi connectivity index (χ3n) is 4.20. The molecule has 30 heavy (non-hydrogen) atoms. The number of carbonyl (C=O) groups excluding carboxylic acids is 2. The molecule has 2 rings (SSSR count). The van der Waals surface area contributed by atoms with E-state index in [4.69, 9.17) is 4.74 Å². The Hall–Kier alpha value is -2.51. The maximum Gasteiger partial charge on any atom is 0.415 e. The molecule has 0 fully saturated rings. The molecular formula is C23H30N2O4S. The van der Waals surface area contributed by atoms with E-state index in [9.17, 15) is 14.8 Å². The van der Waals surface area contributed by atoms with Gasteiger partial charge in [0.05, 0.1) is 5.69 Å². The lowest BCUT2D eigenvalue weighted by molar-refractivity contribution is -0.162. The molecule has 1 N–H and O–H groups in total. The highest BCUT2D eigenvalue weighted by atomic mass is 32.2. The Balaban J connectivity index is 2.44.